The summed E-state index contributed by atoms with van der Waals surface area (Å²) in [5.41, 5.74) is 0.453. The number of carbonyl (C=O) groups is 2. The summed E-state index contributed by atoms with van der Waals surface area (Å²) in [6.07, 6.45) is 3.61. The van der Waals surface area contributed by atoms with Gasteiger partial charge in [0, 0.05) is 11.3 Å². The van der Waals surface area contributed by atoms with E-state index in [4.69, 9.17) is 4.74 Å². The molecule has 0 atom stereocenters. The number of hydrogen-bond acceptors (Lipinski definition) is 4. The molecule has 0 aromatic heterocycles. The number of hydrogen-bond donors (Lipinski definition) is 0. The molecular formula is C14H18O3S. The van der Waals surface area contributed by atoms with Gasteiger partial charge < -0.3 is 4.74 Å². The van der Waals surface area contributed by atoms with E-state index < -0.39 is 5.97 Å². The standard InChI is InChI=1S/C14H18O3S/c1-3-4-5-10-13(15)18-12-9-7-6-8-11(12)14(16)17-2/h6-9H,3-5,10H2,1-2H3. The molecule has 1 aromatic carbocycles. The predicted octanol–water partition coefficient (Wildman–Crippen LogP) is 3.67. The van der Waals surface area contributed by atoms with Crippen LogP contribution in [0.3, 0.4) is 0 Å². The minimum Gasteiger partial charge on any atom is -0.465 e. The first-order chi connectivity index (χ1) is 8.69. The Balaban J connectivity index is 2.66. The first kappa shape index (κ1) is 14.8. The molecule has 0 bridgehead atoms. The summed E-state index contributed by atoms with van der Waals surface area (Å²) in [6.45, 7) is 2.10. The Bertz CT molecular complexity index is 415. The van der Waals surface area contributed by atoms with Gasteiger partial charge in [-0.1, -0.05) is 43.7 Å². The zero-order valence-corrected chi connectivity index (χ0v) is 11.6. The summed E-state index contributed by atoms with van der Waals surface area (Å²) >= 11 is 1.12. The normalized spacial score (nSPS) is 10.1. The molecule has 98 valence electrons. The summed E-state index contributed by atoms with van der Waals surface area (Å²) in [6, 6.07) is 7.02. The van der Waals surface area contributed by atoms with Crippen molar-refractivity contribution in [3.05, 3.63) is 29.8 Å². The van der Waals surface area contributed by atoms with Crippen molar-refractivity contribution >= 4 is 22.8 Å². The van der Waals surface area contributed by atoms with Gasteiger partial charge in [0.1, 0.15) is 0 Å². The van der Waals surface area contributed by atoms with Crippen LogP contribution in [-0.4, -0.2) is 18.2 Å². The summed E-state index contributed by atoms with van der Waals surface area (Å²) < 4.78 is 4.69. The van der Waals surface area contributed by atoms with Crippen LogP contribution in [0.1, 0.15) is 43.0 Å². The molecule has 0 heterocycles. The molecule has 0 aliphatic heterocycles. The molecule has 0 spiro atoms. The maximum Gasteiger partial charge on any atom is 0.339 e. The van der Waals surface area contributed by atoms with Crippen LogP contribution in [0.2, 0.25) is 0 Å². The SMILES string of the molecule is CCCCCC(=O)Sc1ccccc1C(=O)OC. The Labute approximate surface area is 112 Å². The lowest BCUT2D eigenvalue weighted by molar-refractivity contribution is -0.111. The van der Waals surface area contributed by atoms with Crippen LogP contribution in [-0.2, 0) is 9.53 Å². The first-order valence-corrected chi connectivity index (χ1v) is 6.88. The quantitative estimate of drug-likeness (QED) is 0.447. The van der Waals surface area contributed by atoms with Gasteiger partial charge in [0.25, 0.3) is 0 Å². The molecule has 0 aliphatic carbocycles. The van der Waals surface area contributed by atoms with E-state index in [0.717, 1.165) is 31.0 Å². The van der Waals surface area contributed by atoms with E-state index in [1.165, 1.54) is 7.11 Å². The molecule has 0 saturated carbocycles. The lowest BCUT2D eigenvalue weighted by Gasteiger charge is -2.06. The Morgan fingerprint density at radius 3 is 2.61 bits per heavy atom. The van der Waals surface area contributed by atoms with Crippen molar-refractivity contribution in [3.8, 4) is 0 Å². The van der Waals surface area contributed by atoms with E-state index in [1.54, 1.807) is 18.2 Å². The number of carbonyl (C=O) groups excluding carboxylic acids is 2. The molecule has 4 heteroatoms. The van der Waals surface area contributed by atoms with Gasteiger partial charge in [-0.25, -0.2) is 4.79 Å². The molecule has 0 amide bonds. The molecule has 3 nitrogen and oxygen atoms in total. The van der Waals surface area contributed by atoms with Gasteiger partial charge in [-0.2, -0.15) is 0 Å². The van der Waals surface area contributed by atoms with Gasteiger partial charge in [0.2, 0.25) is 0 Å². The van der Waals surface area contributed by atoms with Crippen molar-refractivity contribution < 1.29 is 14.3 Å². The van der Waals surface area contributed by atoms with Crippen molar-refractivity contribution in [2.75, 3.05) is 7.11 Å². The average Bonchev–Trinajstić information content (AvgIpc) is 2.39. The van der Waals surface area contributed by atoms with E-state index >= 15 is 0 Å². The van der Waals surface area contributed by atoms with Crippen LogP contribution in [0.25, 0.3) is 0 Å². The highest BCUT2D eigenvalue weighted by molar-refractivity contribution is 8.13. The number of rotatable bonds is 6. The lowest BCUT2D eigenvalue weighted by Crippen LogP contribution is -2.04. The molecule has 0 N–H and O–H groups in total. The minimum atomic E-state index is -0.403. The number of unbranched alkanes of at least 4 members (excludes halogenated alkanes) is 2. The molecular weight excluding hydrogens is 248 g/mol. The van der Waals surface area contributed by atoms with E-state index in [9.17, 15) is 9.59 Å². The van der Waals surface area contributed by atoms with E-state index in [0.29, 0.717) is 16.9 Å². The maximum atomic E-state index is 11.8. The summed E-state index contributed by atoms with van der Waals surface area (Å²) in [5, 5.41) is 0.0970. The van der Waals surface area contributed by atoms with E-state index in [1.807, 2.05) is 6.07 Å². The van der Waals surface area contributed by atoms with Crippen molar-refractivity contribution in [1.29, 1.82) is 0 Å². The second-order valence-electron chi connectivity index (χ2n) is 3.92. The highest BCUT2D eigenvalue weighted by Gasteiger charge is 2.14. The minimum absolute atomic E-state index is 0.0970. The van der Waals surface area contributed by atoms with Gasteiger partial charge in [-0.05, 0) is 18.6 Å². The maximum absolute atomic E-state index is 11.8. The van der Waals surface area contributed by atoms with Gasteiger partial charge in [-0.3, -0.25) is 4.79 Å². The molecule has 1 rings (SSSR count). The molecule has 0 unspecified atom stereocenters. The predicted molar refractivity (Wildman–Crippen MR) is 72.8 cm³/mol. The Morgan fingerprint density at radius 1 is 1.22 bits per heavy atom. The Hall–Kier alpha value is -1.29. The third-order valence-electron chi connectivity index (χ3n) is 2.50. The van der Waals surface area contributed by atoms with Crippen molar-refractivity contribution in [1.82, 2.24) is 0 Å². The third-order valence-corrected chi connectivity index (χ3v) is 3.51. The molecule has 0 radical (unpaired) electrons. The number of benzene rings is 1. The van der Waals surface area contributed by atoms with Gasteiger partial charge in [0.05, 0.1) is 12.7 Å². The number of esters is 1. The fourth-order valence-electron chi connectivity index (χ4n) is 1.53. The van der Waals surface area contributed by atoms with Crippen LogP contribution in [0.15, 0.2) is 29.2 Å². The number of ether oxygens (including phenoxy) is 1. The molecule has 1 aromatic rings. The molecule has 0 aliphatic rings. The van der Waals surface area contributed by atoms with Gasteiger partial charge in [0.15, 0.2) is 5.12 Å². The average molecular weight is 266 g/mol. The highest BCUT2D eigenvalue weighted by Crippen LogP contribution is 2.25. The highest BCUT2D eigenvalue weighted by atomic mass is 32.2. The van der Waals surface area contributed by atoms with E-state index in [-0.39, 0.29) is 5.12 Å². The zero-order chi connectivity index (χ0) is 13.4. The van der Waals surface area contributed by atoms with Crippen LogP contribution in [0.5, 0.6) is 0 Å². The topological polar surface area (TPSA) is 43.4 Å². The number of methoxy groups -OCH3 is 1. The third kappa shape index (κ3) is 4.53. The summed E-state index contributed by atoms with van der Waals surface area (Å²) in [5.74, 6) is -0.403. The van der Waals surface area contributed by atoms with Gasteiger partial charge in [-0.15, -0.1) is 0 Å². The van der Waals surface area contributed by atoms with Crippen LogP contribution < -0.4 is 0 Å². The van der Waals surface area contributed by atoms with Crippen molar-refractivity contribution in [2.45, 2.75) is 37.5 Å². The largest absolute Gasteiger partial charge is 0.465 e. The summed E-state index contributed by atoms with van der Waals surface area (Å²) in [4.78, 5) is 24.0. The second-order valence-corrected chi connectivity index (χ2v) is 5.02. The molecule has 0 fully saturated rings. The van der Waals surface area contributed by atoms with Crippen molar-refractivity contribution in [2.24, 2.45) is 0 Å². The number of thioether (sulfide) groups is 1. The van der Waals surface area contributed by atoms with Gasteiger partial charge >= 0.3 is 5.97 Å². The lowest BCUT2D eigenvalue weighted by atomic mass is 10.2. The first-order valence-electron chi connectivity index (χ1n) is 6.07. The smallest absolute Gasteiger partial charge is 0.339 e. The fraction of sp³-hybridized carbons (Fsp3) is 0.429. The Morgan fingerprint density at radius 2 is 1.94 bits per heavy atom. The van der Waals surface area contributed by atoms with Crippen LogP contribution >= 0.6 is 11.8 Å². The summed E-state index contributed by atoms with van der Waals surface area (Å²) in [7, 11) is 1.34. The fourth-order valence-corrected chi connectivity index (χ4v) is 2.43. The van der Waals surface area contributed by atoms with Crippen LogP contribution in [0, 0.1) is 0 Å². The Kier molecular flexibility index (Phi) is 6.50. The second kappa shape index (κ2) is 7.93. The van der Waals surface area contributed by atoms with Crippen LogP contribution in [0.4, 0.5) is 0 Å². The monoisotopic (exact) mass is 266 g/mol. The van der Waals surface area contributed by atoms with Crippen molar-refractivity contribution in [3.63, 3.8) is 0 Å². The molecule has 18 heavy (non-hydrogen) atoms. The zero-order valence-electron chi connectivity index (χ0n) is 10.8. The van der Waals surface area contributed by atoms with E-state index in [2.05, 4.69) is 6.92 Å². The molecule has 0 saturated heterocycles.